The van der Waals surface area contributed by atoms with Gasteiger partial charge in [-0.1, -0.05) is 6.08 Å². The van der Waals surface area contributed by atoms with Crippen molar-refractivity contribution in [2.75, 3.05) is 6.61 Å². The number of fused-ring (bicyclic) bond motifs is 1. The van der Waals surface area contributed by atoms with Gasteiger partial charge in [-0.15, -0.1) is 0 Å². The zero-order valence-corrected chi connectivity index (χ0v) is 7.70. The summed E-state index contributed by atoms with van der Waals surface area (Å²) in [6, 6.07) is 0. The Balaban J connectivity index is 2.29. The van der Waals surface area contributed by atoms with Gasteiger partial charge in [0.15, 0.2) is 0 Å². The number of ether oxygens (including phenoxy) is 1. The van der Waals surface area contributed by atoms with Crippen LogP contribution >= 0.6 is 0 Å². The SMILES string of the molecule is O=C1OC[C@@H](O)C2CC=CS(=O)C12. The molecule has 4 nitrogen and oxygen atoms in total. The quantitative estimate of drug-likeness (QED) is 0.541. The summed E-state index contributed by atoms with van der Waals surface area (Å²) in [7, 11) is -1.32. The minimum absolute atomic E-state index is 0.0328. The minimum Gasteiger partial charge on any atom is -0.462 e. The second-order valence-electron chi connectivity index (χ2n) is 3.22. The van der Waals surface area contributed by atoms with Crippen molar-refractivity contribution in [3.63, 3.8) is 0 Å². The number of esters is 1. The third-order valence-electron chi connectivity index (χ3n) is 2.40. The number of hydrogen-bond acceptors (Lipinski definition) is 4. The number of rotatable bonds is 0. The number of hydrogen-bond donors (Lipinski definition) is 1. The van der Waals surface area contributed by atoms with Crippen LogP contribution in [0.25, 0.3) is 0 Å². The van der Waals surface area contributed by atoms with Crippen LogP contribution in [0.3, 0.4) is 0 Å². The second kappa shape index (κ2) is 3.23. The van der Waals surface area contributed by atoms with Gasteiger partial charge in [-0.2, -0.15) is 0 Å². The summed E-state index contributed by atoms with van der Waals surface area (Å²) in [5.41, 5.74) is 0. The van der Waals surface area contributed by atoms with E-state index in [1.165, 1.54) is 5.41 Å². The summed E-state index contributed by atoms with van der Waals surface area (Å²) >= 11 is 0. The first kappa shape index (κ1) is 8.90. The van der Waals surface area contributed by atoms with E-state index in [9.17, 15) is 14.1 Å². The van der Waals surface area contributed by atoms with Crippen LogP contribution in [0.1, 0.15) is 6.42 Å². The van der Waals surface area contributed by atoms with E-state index in [1.54, 1.807) is 6.08 Å². The largest absolute Gasteiger partial charge is 0.462 e. The van der Waals surface area contributed by atoms with Gasteiger partial charge in [-0.25, -0.2) is 0 Å². The average molecular weight is 202 g/mol. The zero-order chi connectivity index (χ0) is 9.42. The van der Waals surface area contributed by atoms with E-state index in [0.717, 1.165) is 0 Å². The van der Waals surface area contributed by atoms with Crippen molar-refractivity contribution in [3.8, 4) is 0 Å². The molecule has 0 bridgehead atoms. The molecule has 0 aromatic heterocycles. The summed E-state index contributed by atoms with van der Waals surface area (Å²) in [4.78, 5) is 11.2. The molecule has 0 aliphatic carbocycles. The van der Waals surface area contributed by atoms with Crippen LogP contribution in [0, 0.1) is 5.92 Å². The molecule has 4 atom stereocenters. The van der Waals surface area contributed by atoms with Gasteiger partial charge in [0.25, 0.3) is 0 Å². The van der Waals surface area contributed by atoms with E-state index in [0.29, 0.717) is 6.42 Å². The highest BCUT2D eigenvalue weighted by atomic mass is 32.2. The molecule has 0 aromatic rings. The lowest BCUT2D eigenvalue weighted by molar-refractivity contribution is -0.156. The number of carbonyl (C=O) groups is 1. The van der Waals surface area contributed by atoms with Crippen LogP contribution in [0.5, 0.6) is 0 Å². The summed E-state index contributed by atoms with van der Waals surface area (Å²) in [6.07, 6.45) is 1.68. The topological polar surface area (TPSA) is 63.6 Å². The monoisotopic (exact) mass is 202 g/mol. The zero-order valence-electron chi connectivity index (χ0n) is 6.88. The lowest BCUT2D eigenvalue weighted by Gasteiger charge is -2.33. The molecule has 2 rings (SSSR count). The Morgan fingerprint density at radius 3 is 3.08 bits per heavy atom. The molecule has 1 saturated heterocycles. The molecule has 0 amide bonds. The Labute approximate surface area is 78.0 Å². The molecule has 0 aromatic carbocycles. The van der Waals surface area contributed by atoms with Crippen molar-refractivity contribution in [3.05, 3.63) is 11.5 Å². The van der Waals surface area contributed by atoms with Gasteiger partial charge in [-0.05, 0) is 11.8 Å². The Kier molecular flexibility index (Phi) is 2.21. The van der Waals surface area contributed by atoms with Crippen molar-refractivity contribution in [2.45, 2.75) is 17.8 Å². The average Bonchev–Trinajstić information content (AvgIpc) is 2.12. The van der Waals surface area contributed by atoms with E-state index in [4.69, 9.17) is 4.74 Å². The summed E-state index contributed by atoms with van der Waals surface area (Å²) in [6.45, 7) is 0.0328. The van der Waals surface area contributed by atoms with Gasteiger partial charge < -0.3 is 9.84 Å². The smallest absolute Gasteiger partial charge is 0.322 e. The highest BCUT2D eigenvalue weighted by Gasteiger charge is 2.43. The van der Waals surface area contributed by atoms with Gasteiger partial charge in [0.2, 0.25) is 0 Å². The number of cyclic esters (lactones) is 1. The van der Waals surface area contributed by atoms with Crippen molar-refractivity contribution < 1.29 is 18.8 Å². The maximum atomic E-state index is 11.4. The number of allylic oxidation sites excluding steroid dienone is 1. The van der Waals surface area contributed by atoms with E-state index in [-0.39, 0.29) is 12.5 Å². The molecule has 13 heavy (non-hydrogen) atoms. The third-order valence-corrected chi connectivity index (χ3v) is 3.90. The Morgan fingerprint density at radius 2 is 2.38 bits per heavy atom. The fourth-order valence-corrected chi connectivity index (χ4v) is 3.05. The van der Waals surface area contributed by atoms with Crippen LogP contribution in [0.2, 0.25) is 0 Å². The van der Waals surface area contributed by atoms with Crippen molar-refractivity contribution in [2.24, 2.45) is 5.92 Å². The molecule has 0 saturated carbocycles. The second-order valence-corrected chi connectivity index (χ2v) is 4.65. The molecule has 2 aliphatic heterocycles. The maximum absolute atomic E-state index is 11.4. The molecule has 1 fully saturated rings. The predicted octanol–water partition coefficient (Wildman–Crippen LogP) is -0.445. The molecule has 0 radical (unpaired) electrons. The molecule has 72 valence electrons. The Hall–Kier alpha value is -0.680. The van der Waals surface area contributed by atoms with E-state index in [1.807, 2.05) is 0 Å². The first-order chi connectivity index (χ1) is 6.20. The van der Waals surface area contributed by atoms with Crippen LogP contribution in [-0.2, 0) is 20.3 Å². The lowest BCUT2D eigenvalue weighted by Crippen LogP contribution is -2.49. The molecule has 5 heteroatoms. The van der Waals surface area contributed by atoms with E-state index in [2.05, 4.69) is 0 Å². The molecular formula is C8H10O4S. The minimum atomic E-state index is -1.32. The molecule has 1 N–H and O–H groups in total. The van der Waals surface area contributed by atoms with Crippen LogP contribution in [0.15, 0.2) is 11.5 Å². The fraction of sp³-hybridized carbons (Fsp3) is 0.625. The van der Waals surface area contributed by atoms with Gasteiger partial charge in [0, 0.05) is 5.92 Å². The third kappa shape index (κ3) is 1.42. The summed E-state index contributed by atoms with van der Waals surface area (Å²) < 4.78 is 16.1. The van der Waals surface area contributed by atoms with Crippen molar-refractivity contribution >= 4 is 16.8 Å². The first-order valence-corrected chi connectivity index (χ1v) is 5.38. The number of aliphatic hydroxyl groups is 1. The fourth-order valence-electron chi connectivity index (χ4n) is 1.69. The van der Waals surface area contributed by atoms with Crippen LogP contribution < -0.4 is 0 Å². The van der Waals surface area contributed by atoms with Crippen LogP contribution in [0.4, 0.5) is 0 Å². The van der Waals surface area contributed by atoms with E-state index < -0.39 is 28.1 Å². The molecule has 2 heterocycles. The van der Waals surface area contributed by atoms with E-state index >= 15 is 0 Å². The number of carbonyl (C=O) groups excluding carboxylic acids is 1. The van der Waals surface area contributed by atoms with Crippen molar-refractivity contribution in [1.29, 1.82) is 0 Å². The lowest BCUT2D eigenvalue weighted by atomic mass is 9.93. The van der Waals surface area contributed by atoms with Gasteiger partial charge in [-0.3, -0.25) is 9.00 Å². The Morgan fingerprint density at radius 1 is 1.62 bits per heavy atom. The highest BCUT2D eigenvalue weighted by Crippen LogP contribution is 2.29. The van der Waals surface area contributed by atoms with Crippen LogP contribution in [-0.4, -0.2) is 33.2 Å². The normalized spacial score (nSPS) is 43.9. The standard InChI is InChI=1S/C8H10O4S/c9-6-4-12-8(10)7-5(6)2-1-3-13(7)11/h1,3,5-7,9H,2,4H2/t5?,6-,7?,13?/m1/s1. The first-order valence-electron chi connectivity index (χ1n) is 4.11. The number of aliphatic hydroxyl groups excluding tert-OH is 1. The highest BCUT2D eigenvalue weighted by molar-refractivity contribution is 7.89. The Bertz CT molecular complexity index is 286. The van der Waals surface area contributed by atoms with Crippen molar-refractivity contribution in [1.82, 2.24) is 0 Å². The maximum Gasteiger partial charge on any atom is 0.322 e. The molecular weight excluding hydrogens is 192 g/mol. The molecule has 3 unspecified atom stereocenters. The van der Waals surface area contributed by atoms with Gasteiger partial charge >= 0.3 is 5.97 Å². The predicted molar refractivity (Wildman–Crippen MR) is 46.1 cm³/mol. The van der Waals surface area contributed by atoms with Gasteiger partial charge in [0.05, 0.1) is 16.9 Å². The van der Waals surface area contributed by atoms with Gasteiger partial charge in [0.1, 0.15) is 11.9 Å². The summed E-state index contributed by atoms with van der Waals surface area (Å²) in [5, 5.41) is 10.3. The molecule has 0 spiro atoms. The molecule has 2 aliphatic rings. The summed E-state index contributed by atoms with van der Waals surface area (Å²) in [5.74, 6) is -0.676.